The molecule has 0 unspecified atom stereocenters. The van der Waals surface area contributed by atoms with Crippen molar-refractivity contribution in [3.05, 3.63) is 23.7 Å². The fourth-order valence-electron chi connectivity index (χ4n) is 1.74. The number of anilines is 1. The van der Waals surface area contributed by atoms with Crippen molar-refractivity contribution in [2.24, 2.45) is 0 Å². The zero-order valence-electron chi connectivity index (χ0n) is 9.65. The standard InChI is InChI=1S/C11H13N3O3S/c15-9(1-2-10(16)17)13-4-6-14(7-5-13)11-12-3-8-18-11/h1-3,8H,4-7H2,(H,16,17)/b2-1+. The number of amides is 1. The SMILES string of the molecule is O=C(O)/C=C/C(=O)N1CCN(c2nccs2)CC1. The van der Waals surface area contributed by atoms with Crippen LogP contribution in [0, 0.1) is 0 Å². The number of rotatable bonds is 3. The molecule has 1 aromatic heterocycles. The van der Waals surface area contributed by atoms with Crippen LogP contribution in [0.4, 0.5) is 5.13 Å². The molecule has 0 bridgehead atoms. The van der Waals surface area contributed by atoms with Gasteiger partial charge in [0.1, 0.15) is 0 Å². The van der Waals surface area contributed by atoms with Crippen LogP contribution in [0.5, 0.6) is 0 Å². The molecule has 1 aliphatic heterocycles. The third-order valence-electron chi connectivity index (χ3n) is 2.65. The first-order chi connectivity index (χ1) is 8.66. The summed E-state index contributed by atoms with van der Waals surface area (Å²) in [7, 11) is 0. The Morgan fingerprint density at radius 2 is 2.00 bits per heavy atom. The highest BCUT2D eigenvalue weighted by Gasteiger charge is 2.20. The number of aliphatic carboxylic acids is 1. The van der Waals surface area contributed by atoms with E-state index in [1.54, 1.807) is 22.4 Å². The van der Waals surface area contributed by atoms with Crippen molar-refractivity contribution in [1.82, 2.24) is 9.88 Å². The molecule has 7 heteroatoms. The van der Waals surface area contributed by atoms with Crippen LogP contribution in [0.1, 0.15) is 0 Å². The number of carboxylic acid groups (broad SMARTS) is 1. The summed E-state index contributed by atoms with van der Waals surface area (Å²) < 4.78 is 0. The van der Waals surface area contributed by atoms with Gasteiger partial charge in [0, 0.05) is 49.9 Å². The molecule has 1 fully saturated rings. The van der Waals surface area contributed by atoms with E-state index in [1.165, 1.54) is 0 Å². The molecule has 1 amide bonds. The molecule has 1 aromatic rings. The molecule has 0 saturated carbocycles. The van der Waals surface area contributed by atoms with Crippen molar-refractivity contribution < 1.29 is 14.7 Å². The van der Waals surface area contributed by atoms with E-state index in [9.17, 15) is 9.59 Å². The van der Waals surface area contributed by atoms with Gasteiger partial charge in [0.05, 0.1) is 0 Å². The predicted octanol–water partition coefficient (Wildman–Crippen LogP) is 0.432. The summed E-state index contributed by atoms with van der Waals surface area (Å²) in [5, 5.41) is 11.3. The van der Waals surface area contributed by atoms with Crippen LogP contribution in [0.2, 0.25) is 0 Å². The van der Waals surface area contributed by atoms with E-state index in [2.05, 4.69) is 9.88 Å². The van der Waals surface area contributed by atoms with Gasteiger partial charge in [0.25, 0.3) is 0 Å². The van der Waals surface area contributed by atoms with Gasteiger partial charge in [-0.2, -0.15) is 0 Å². The van der Waals surface area contributed by atoms with Crippen LogP contribution in [-0.4, -0.2) is 53.0 Å². The monoisotopic (exact) mass is 267 g/mol. The van der Waals surface area contributed by atoms with Gasteiger partial charge in [0.15, 0.2) is 5.13 Å². The lowest BCUT2D eigenvalue weighted by Gasteiger charge is -2.33. The molecule has 0 spiro atoms. The average Bonchev–Trinajstić information content (AvgIpc) is 2.90. The largest absolute Gasteiger partial charge is 0.478 e. The number of thiazole rings is 1. The van der Waals surface area contributed by atoms with Crippen molar-refractivity contribution in [3.8, 4) is 0 Å². The number of hydrogen-bond donors (Lipinski definition) is 1. The Morgan fingerprint density at radius 3 is 2.56 bits per heavy atom. The highest BCUT2D eigenvalue weighted by molar-refractivity contribution is 7.13. The molecule has 2 rings (SSSR count). The number of carboxylic acids is 1. The molecule has 1 N–H and O–H groups in total. The fourth-order valence-corrected chi connectivity index (χ4v) is 2.43. The minimum absolute atomic E-state index is 0.254. The Morgan fingerprint density at radius 1 is 1.28 bits per heavy atom. The summed E-state index contributed by atoms with van der Waals surface area (Å²) in [5.74, 6) is -1.36. The normalized spacial score (nSPS) is 16.2. The van der Waals surface area contributed by atoms with Crippen LogP contribution in [0.3, 0.4) is 0 Å². The molecule has 1 saturated heterocycles. The molecule has 96 valence electrons. The summed E-state index contributed by atoms with van der Waals surface area (Å²) in [6, 6.07) is 0. The highest BCUT2D eigenvalue weighted by Crippen LogP contribution is 2.18. The molecule has 6 nitrogen and oxygen atoms in total. The van der Waals surface area contributed by atoms with Crippen molar-refractivity contribution in [2.75, 3.05) is 31.1 Å². The van der Waals surface area contributed by atoms with E-state index < -0.39 is 5.97 Å². The number of carbonyl (C=O) groups is 2. The lowest BCUT2D eigenvalue weighted by Crippen LogP contribution is -2.48. The van der Waals surface area contributed by atoms with Gasteiger partial charge in [-0.1, -0.05) is 0 Å². The zero-order valence-corrected chi connectivity index (χ0v) is 10.5. The van der Waals surface area contributed by atoms with E-state index in [1.807, 2.05) is 5.38 Å². The molecule has 0 atom stereocenters. The first kappa shape index (κ1) is 12.6. The maximum Gasteiger partial charge on any atom is 0.328 e. The molecular weight excluding hydrogens is 254 g/mol. The van der Waals surface area contributed by atoms with Gasteiger partial charge < -0.3 is 14.9 Å². The van der Waals surface area contributed by atoms with Crippen molar-refractivity contribution in [3.63, 3.8) is 0 Å². The van der Waals surface area contributed by atoms with Gasteiger partial charge in [0.2, 0.25) is 5.91 Å². The second kappa shape index (κ2) is 5.63. The Labute approximate surface area is 108 Å². The number of aromatic nitrogens is 1. The van der Waals surface area contributed by atoms with Crippen LogP contribution in [-0.2, 0) is 9.59 Å². The topological polar surface area (TPSA) is 73.7 Å². The van der Waals surface area contributed by atoms with Crippen molar-refractivity contribution in [2.45, 2.75) is 0 Å². The van der Waals surface area contributed by atoms with Crippen LogP contribution >= 0.6 is 11.3 Å². The summed E-state index contributed by atoms with van der Waals surface area (Å²) in [4.78, 5) is 29.9. The summed E-state index contributed by atoms with van der Waals surface area (Å²) in [5.41, 5.74) is 0. The highest BCUT2D eigenvalue weighted by atomic mass is 32.1. The van der Waals surface area contributed by atoms with E-state index in [0.717, 1.165) is 30.4 Å². The lowest BCUT2D eigenvalue weighted by molar-refractivity contribution is -0.132. The smallest absolute Gasteiger partial charge is 0.328 e. The Kier molecular flexibility index (Phi) is 3.93. The second-order valence-electron chi connectivity index (χ2n) is 3.80. The van der Waals surface area contributed by atoms with Crippen molar-refractivity contribution in [1.29, 1.82) is 0 Å². The quantitative estimate of drug-likeness (QED) is 0.804. The fraction of sp³-hybridized carbons (Fsp3) is 0.364. The molecule has 0 aromatic carbocycles. The Bertz CT molecular complexity index is 450. The Balaban J connectivity index is 1.87. The van der Waals surface area contributed by atoms with E-state index >= 15 is 0 Å². The molecule has 0 radical (unpaired) electrons. The van der Waals surface area contributed by atoms with Gasteiger partial charge in [-0.05, 0) is 0 Å². The minimum Gasteiger partial charge on any atom is -0.478 e. The zero-order chi connectivity index (χ0) is 13.0. The van der Waals surface area contributed by atoms with Crippen LogP contribution in [0.25, 0.3) is 0 Å². The first-order valence-corrected chi connectivity index (χ1v) is 6.39. The Hall–Kier alpha value is -1.89. The first-order valence-electron chi connectivity index (χ1n) is 5.51. The van der Waals surface area contributed by atoms with E-state index in [0.29, 0.717) is 13.1 Å². The van der Waals surface area contributed by atoms with Crippen LogP contribution in [0.15, 0.2) is 23.7 Å². The predicted molar refractivity (Wildman–Crippen MR) is 67.7 cm³/mol. The minimum atomic E-state index is -1.11. The maximum atomic E-state index is 11.6. The number of carbonyl (C=O) groups excluding carboxylic acids is 1. The number of nitrogens with zero attached hydrogens (tertiary/aromatic N) is 3. The second-order valence-corrected chi connectivity index (χ2v) is 4.67. The molecule has 0 aliphatic carbocycles. The van der Waals surface area contributed by atoms with Gasteiger partial charge in [-0.15, -0.1) is 11.3 Å². The molecule has 2 heterocycles. The molecule has 1 aliphatic rings. The summed E-state index contributed by atoms with van der Waals surface area (Å²) in [6.07, 6.45) is 3.73. The van der Waals surface area contributed by atoms with Crippen molar-refractivity contribution >= 4 is 28.3 Å². The van der Waals surface area contributed by atoms with Gasteiger partial charge in [-0.25, -0.2) is 9.78 Å². The van der Waals surface area contributed by atoms with Gasteiger partial charge >= 0.3 is 5.97 Å². The summed E-state index contributed by atoms with van der Waals surface area (Å²) in [6.45, 7) is 2.62. The number of hydrogen-bond acceptors (Lipinski definition) is 5. The third-order valence-corrected chi connectivity index (χ3v) is 3.48. The molecular formula is C11H13N3O3S. The van der Waals surface area contributed by atoms with E-state index in [4.69, 9.17) is 5.11 Å². The lowest BCUT2D eigenvalue weighted by atomic mass is 10.3. The molecule has 18 heavy (non-hydrogen) atoms. The average molecular weight is 267 g/mol. The van der Waals surface area contributed by atoms with Gasteiger partial charge in [-0.3, -0.25) is 4.79 Å². The van der Waals surface area contributed by atoms with Crippen LogP contribution < -0.4 is 4.90 Å². The summed E-state index contributed by atoms with van der Waals surface area (Å²) >= 11 is 1.57. The third kappa shape index (κ3) is 3.07. The maximum absolute atomic E-state index is 11.6. The number of piperazine rings is 1. The van der Waals surface area contributed by atoms with E-state index in [-0.39, 0.29) is 5.91 Å².